The van der Waals surface area contributed by atoms with Gasteiger partial charge in [0, 0.05) is 16.2 Å². The Kier molecular flexibility index (Phi) is 2.95. The van der Waals surface area contributed by atoms with Crippen LogP contribution >= 0.6 is 15.9 Å². The average Bonchev–Trinajstić information content (AvgIpc) is 2.79. The van der Waals surface area contributed by atoms with Crippen molar-refractivity contribution in [1.29, 1.82) is 0 Å². The molecule has 0 fully saturated rings. The molecule has 0 aliphatic carbocycles. The Morgan fingerprint density at radius 1 is 1.16 bits per heavy atom. The molecule has 3 aromatic rings. The first-order chi connectivity index (χ1) is 9.20. The van der Waals surface area contributed by atoms with Crippen molar-refractivity contribution < 1.29 is 9.18 Å². The highest BCUT2D eigenvalue weighted by Crippen LogP contribution is 2.30. The van der Waals surface area contributed by atoms with Crippen LogP contribution in [0.25, 0.3) is 16.6 Å². The van der Waals surface area contributed by atoms with Gasteiger partial charge in [-0.3, -0.25) is 4.79 Å². The van der Waals surface area contributed by atoms with Gasteiger partial charge in [-0.1, -0.05) is 12.1 Å². The molecule has 0 saturated heterocycles. The topological polar surface area (TPSA) is 21.5 Å². The molecule has 1 aromatic carbocycles. The van der Waals surface area contributed by atoms with E-state index in [2.05, 4.69) is 15.9 Å². The Morgan fingerprint density at radius 3 is 2.58 bits per heavy atom. The molecule has 0 aliphatic heterocycles. The molecule has 0 N–H and O–H groups in total. The van der Waals surface area contributed by atoms with Crippen molar-refractivity contribution in [3.05, 3.63) is 64.6 Å². The van der Waals surface area contributed by atoms with Gasteiger partial charge in [-0.15, -0.1) is 0 Å². The van der Waals surface area contributed by atoms with E-state index in [4.69, 9.17) is 0 Å². The zero-order chi connectivity index (χ0) is 13.4. The van der Waals surface area contributed by atoms with Crippen LogP contribution < -0.4 is 0 Å². The van der Waals surface area contributed by atoms with Gasteiger partial charge in [-0.2, -0.15) is 0 Å². The Balaban J connectivity index is 2.32. The minimum absolute atomic E-state index is 0.290. The Labute approximate surface area is 117 Å². The molecule has 3 rings (SSSR count). The standard InChI is InChI=1S/C15H9BrFNO/c16-13-2-1-7-18-14(13)8-12(15(18)9-19)10-3-5-11(17)6-4-10/h1-9H. The lowest BCUT2D eigenvalue weighted by molar-refractivity contribution is 0.111. The van der Waals surface area contributed by atoms with Crippen LogP contribution in [0.3, 0.4) is 0 Å². The molecule has 0 unspecified atom stereocenters. The molecule has 19 heavy (non-hydrogen) atoms. The number of rotatable bonds is 2. The van der Waals surface area contributed by atoms with Gasteiger partial charge in [-0.05, 0) is 51.8 Å². The number of nitrogens with zero attached hydrogens (tertiary/aromatic N) is 1. The zero-order valence-electron chi connectivity index (χ0n) is 9.81. The second-order valence-corrected chi connectivity index (χ2v) is 5.03. The van der Waals surface area contributed by atoms with E-state index in [9.17, 15) is 9.18 Å². The maximum Gasteiger partial charge on any atom is 0.167 e. The highest BCUT2D eigenvalue weighted by Gasteiger charge is 2.12. The van der Waals surface area contributed by atoms with E-state index >= 15 is 0 Å². The van der Waals surface area contributed by atoms with Gasteiger partial charge < -0.3 is 4.40 Å². The van der Waals surface area contributed by atoms with Crippen molar-refractivity contribution in [2.75, 3.05) is 0 Å². The van der Waals surface area contributed by atoms with Crippen LogP contribution in [0.5, 0.6) is 0 Å². The smallest absolute Gasteiger partial charge is 0.167 e. The lowest BCUT2D eigenvalue weighted by Crippen LogP contribution is -1.92. The highest BCUT2D eigenvalue weighted by molar-refractivity contribution is 9.10. The molecule has 0 aliphatic rings. The number of halogens is 2. The monoisotopic (exact) mass is 317 g/mol. The van der Waals surface area contributed by atoms with E-state index in [0.717, 1.165) is 27.4 Å². The highest BCUT2D eigenvalue weighted by atomic mass is 79.9. The normalized spacial score (nSPS) is 10.8. The van der Waals surface area contributed by atoms with Crippen LogP contribution in [-0.4, -0.2) is 10.7 Å². The maximum atomic E-state index is 13.0. The third kappa shape index (κ3) is 1.98. The molecule has 0 amide bonds. The lowest BCUT2D eigenvalue weighted by atomic mass is 10.1. The summed E-state index contributed by atoms with van der Waals surface area (Å²) in [5.41, 5.74) is 3.08. The molecule has 4 heteroatoms. The van der Waals surface area contributed by atoms with Crippen LogP contribution in [-0.2, 0) is 0 Å². The summed E-state index contributed by atoms with van der Waals surface area (Å²) in [6, 6.07) is 11.8. The molecule has 0 spiro atoms. The van der Waals surface area contributed by atoms with Crippen LogP contribution in [0.2, 0.25) is 0 Å². The Morgan fingerprint density at radius 2 is 1.89 bits per heavy atom. The van der Waals surface area contributed by atoms with Gasteiger partial charge in [0.15, 0.2) is 6.29 Å². The van der Waals surface area contributed by atoms with Crippen molar-refractivity contribution in [3.63, 3.8) is 0 Å². The largest absolute Gasteiger partial charge is 0.313 e. The number of hydrogen-bond acceptors (Lipinski definition) is 1. The van der Waals surface area contributed by atoms with E-state index in [1.165, 1.54) is 12.1 Å². The van der Waals surface area contributed by atoms with Gasteiger partial charge in [0.1, 0.15) is 5.82 Å². The van der Waals surface area contributed by atoms with Crippen LogP contribution in [0.4, 0.5) is 4.39 Å². The number of fused-ring (bicyclic) bond motifs is 1. The predicted octanol–water partition coefficient (Wildman–Crippen LogP) is 4.32. The van der Waals surface area contributed by atoms with E-state index in [-0.39, 0.29) is 5.82 Å². The quantitative estimate of drug-likeness (QED) is 0.645. The molecule has 94 valence electrons. The Hall–Kier alpha value is -1.94. The zero-order valence-corrected chi connectivity index (χ0v) is 11.4. The van der Waals surface area contributed by atoms with Crippen LogP contribution in [0.15, 0.2) is 53.1 Å². The van der Waals surface area contributed by atoms with Crippen molar-refractivity contribution in [2.24, 2.45) is 0 Å². The molecule has 2 heterocycles. The number of hydrogen-bond donors (Lipinski definition) is 0. The molecule has 2 nitrogen and oxygen atoms in total. The molecule has 2 aromatic heterocycles. The minimum Gasteiger partial charge on any atom is -0.313 e. The summed E-state index contributed by atoms with van der Waals surface area (Å²) in [4.78, 5) is 11.3. The van der Waals surface area contributed by atoms with Gasteiger partial charge in [0.05, 0.1) is 11.2 Å². The summed E-state index contributed by atoms with van der Waals surface area (Å²) in [7, 11) is 0. The first kappa shape index (κ1) is 12.1. The molecule has 0 radical (unpaired) electrons. The van der Waals surface area contributed by atoms with Gasteiger partial charge in [-0.25, -0.2) is 4.39 Å². The summed E-state index contributed by atoms with van der Waals surface area (Å²) in [6.07, 6.45) is 2.65. The second kappa shape index (κ2) is 4.63. The summed E-state index contributed by atoms with van der Waals surface area (Å²) in [5.74, 6) is -0.290. The first-order valence-corrected chi connectivity index (χ1v) is 6.50. The van der Waals surface area contributed by atoms with E-state index < -0.39 is 0 Å². The van der Waals surface area contributed by atoms with Crippen LogP contribution in [0.1, 0.15) is 10.5 Å². The number of benzene rings is 1. The summed E-state index contributed by atoms with van der Waals surface area (Å²) in [5, 5.41) is 0. The maximum absolute atomic E-state index is 13.0. The first-order valence-electron chi connectivity index (χ1n) is 5.71. The molecular weight excluding hydrogens is 309 g/mol. The fraction of sp³-hybridized carbons (Fsp3) is 0. The predicted molar refractivity (Wildman–Crippen MR) is 75.9 cm³/mol. The van der Waals surface area contributed by atoms with Gasteiger partial charge in [0.25, 0.3) is 0 Å². The van der Waals surface area contributed by atoms with Crippen molar-refractivity contribution in [3.8, 4) is 11.1 Å². The van der Waals surface area contributed by atoms with Crippen molar-refractivity contribution in [2.45, 2.75) is 0 Å². The third-order valence-corrected chi connectivity index (χ3v) is 3.74. The second-order valence-electron chi connectivity index (χ2n) is 4.18. The minimum atomic E-state index is -0.290. The SMILES string of the molecule is O=Cc1c(-c2ccc(F)cc2)cc2c(Br)cccn12. The Bertz CT molecular complexity index is 762. The van der Waals surface area contributed by atoms with Gasteiger partial charge >= 0.3 is 0 Å². The molecule has 0 atom stereocenters. The van der Waals surface area contributed by atoms with E-state index in [1.807, 2.05) is 28.8 Å². The lowest BCUT2D eigenvalue weighted by Gasteiger charge is -2.00. The van der Waals surface area contributed by atoms with Crippen molar-refractivity contribution >= 4 is 27.7 Å². The van der Waals surface area contributed by atoms with Crippen molar-refractivity contribution in [1.82, 2.24) is 4.40 Å². The summed E-state index contributed by atoms with van der Waals surface area (Å²) < 4.78 is 15.7. The molecule has 0 saturated carbocycles. The number of aromatic nitrogens is 1. The fourth-order valence-electron chi connectivity index (χ4n) is 2.16. The van der Waals surface area contributed by atoms with Crippen LogP contribution in [0, 0.1) is 5.82 Å². The van der Waals surface area contributed by atoms with E-state index in [1.54, 1.807) is 12.1 Å². The number of pyridine rings is 1. The number of aldehydes is 1. The average molecular weight is 318 g/mol. The van der Waals surface area contributed by atoms with E-state index in [0.29, 0.717) is 5.69 Å². The van der Waals surface area contributed by atoms with Gasteiger partial charge in [0.2, 0.25) is 0 Å². The molecular formula is C15H9BrFNO. The number of carbonyl (C=O) groups excluding carboxylic acids is 1. The molecule has 0 bridgehead atoms. The number of carbonyl (C=O) groups is 1. The fourth-order valence-corrected chi connectivity index (χ4v) is 2.62. The third-order valence-electron chi connectivity index (χ3n) is 3.07. The summed E-state index contributed by atoms with van der Waals surface area (Å²) in [6.45, 7) is 0. The summed E-state index contributed by atoms with van der Waals surface area (Å²) >= 11 is 3.46.